The number of aromatic nitrogens is 4. The van der Waals surface area contributed by atoms with Gasteiger partial charge in [0.2, 0.25) is 23.2 Å². The second kappa shape index (κ2) is 46.3. The summed E-state index contributed by atoms with van der Waals surface area (Å²) in [6, 6.07) is 30.8. The maximum atomic E-state index is 12.2. The Hall–Kier alpha value is -6.99. The number of nitrogens with two attached hydrogens (primary N) is 2. The molecule has 4 aromatic heterocycles. The van der Waals surface area contributed by atoms with Crippen LogP contribution in [0.4, 0.5) is 23.0 Å². The average Bonchev–Trinajstić information content (AvgIpc) is 1.36. The summed E-state index contributed by atoms with van der Waals surface area (Å²) in [5.41, 5.74) is 18.5. The predicted octanol–water partition coefficient (Wildman–Crippen LogP) is 16.8. The summed E-state index contributed by atoms with van der Waals surface area (Å²) in [5, 5.41) is 34.0. The van der Waals surface area contributed by atoms with E-state index in [0.717, 1.165) is 84.4 Å². The van der Waals surface area contributed by atoms with E-state index in [0.29, 0.717) is 99.5 Å². The predicted molar refractivity (Wildman–Crippen MR) is 448 cm³/mol. The fourth-order valence-electron chi connectivity index (χ4n) is 10.2. The van der Waals surface area contributed by atoms with Crippen molar-refractivity contribution in [3.05, 3.63) is 163 Å². The Labute approximate surface area is 688 Å². The minimum absolute atomic E-state index is 0. The number of pyridine rings is 2. The number of nitrogens with one attached hydrogen (secondary N) is 2. The zero-order valence-electron chi connectivity index (χ0n) is 56.9. The number of carbonyl (C=O) groups is 4. The molecule has 0 aliphatic carbocycles. The molecule has 6 N–H and O–H groups in total. The normalized spacial score (nSPS) is 12.8. The Bertz CT molecular complexity index is 4060. The Balaban J connectivity index is 0.000000509. The van der Waals surface area contributed by atoms with E-state index in [1.165, 1.54) is 51.2 Å². The second-order valence-corrected chi connectivity index (χ2v) is 27.0. The van der Waals surface area contributed by atoms with Crippen molar-refractivity contribution in [1.29, 1.82) is 10.5 Å². The molecule has 2 saturated heterocycles. The molecule has 0 saturated carbocycles. The van der Waals surface area contributed by atoms with Crippen LogP contribution in [0, 0.1) is 35.8 Å². The van der Waals surface area contributed by atoms with Gasteiger partial charge in [-0.15, -0.1) is 83.9 Å². The first kappa shape index (κ1) is 92.2. The molecule has 8 aromatic rings. The SMILES string of the molecule is C.CI.Cl.Cl.Cl.I.[C-]#[N+]c1c(N2CCCC2)nc(SCc2csc(-c3ccc(Cl)cc3)n2)c(C#N)c1-c1ccc(OCCOC(=O)[C@H](C)NC(=O)[C@H](C)N)cc1.[C-]#[N+]c1c(N2CCCC2)nc(SCc2csc(-c3ccc(Cl)cc3)n2)c(C#N)c1-c1ccc(OCCOC(=O)[C@H](C)NC(=O)[C@H](C)N)cc1. The number of thiazole rings is 2. The molecular weight excluding hydrogens is 1750 g/mol. The highest BCUT2D eigenvalue weighted by Crippen LogP contribution is 2.47. The number of alkyl halides is 1. The van der Waals surface area contributed by atoms with Crippen LogP contribution in [0.5, 0.6) is 11.5 Å². The zero-order valence-corrected chi connectivity index (χ0v) is 68.6. The number of esters is 2. The maximum absolute atomic E-state index is 12.2. The number of nitrogens with zero attached hydrogens (tertiary/aromatic N) is 10. The van der Waals surface area contributed by atoms with E-state index < -0.39 is 47.9 Å². The highest BCUT2D eigenvalue weighted by atomic mass is 127. The van der Waals surface area contributed by atoms with Gasteiger partial charge in [-0.1, -0.05) is 125 Å². The zero-order chi connectivity index (χ0) is 71.8. The van der Waals surface area contributed by atoms with Crippen LogP contribution in [0.15, 0.2) is 118 Å². The van der Waals surface area contributed by atoms with Gasteiger partial charge >= 0.3 is 11.9 Å². The fourth-order valence-corrected chi connectivity index (χ4v) is 14.0. The number of thioether (sulfide) groups is 2. The number of carbonyl (C=O) groups excluding carboxylic acids is 4. The van der Waals surface area contributed by atoms with E-state index in [9.17, 15) is 29.7 Å². The van der Waals surface area contributed by atoms with E-state index in [1.54, 1.807) is 71.2 Å². The van der Waals surface area contributed by atoms with E-state index in [4.69, 9.17) is 86.7 Å². The van der Waals surface area contributed by atoms with Gasteiger partial charge in [0.1, 0.15) is 93.9 Å². The van der Waals surface area contributed by atoms with Crippen molar-refractivity contribution in [2.24, 2.45) is 11.5 Å². The van der Waals surface area contributed by atoms with Crippen LogP contribution >= 0.6 is 153 Å². The summed E-state index contributed by atoms with van der Waals surface area (Å²) in [4.78, 5) is 81.2. The van der Waals surface area contributed by atoms with Gasteiger partial charge in [0.15, 0.2) is 0 Å². The average molecular weight is 1830 g/mol. The minimum atomic E-state index is -0.842. The van der Waals surface area contributed by atoms with Gasteiger partial charge in [0.25, 0.3) is 0 Å². The Morgan fingerprint density at radius 1 is 0.571 bits per heavy atom. The molecule has 2 aliphatic rings. The molecule has 105 heavy (non-hydrogen) atoms. The van der Waals surface area contributed by atoms with Gasteiger partial charge in [-0.2, -0.15) is 10.5 Å². The molecular formula is C72H79Cl5I2N14O8S4. The number of amides is 2. The lowest BCUT2D eigenvalue weighted by Crippen LogP contribution is -2.46. The van der Waals surface area contributed by atoms with Gasteiger partial charge in [-0.25, -0.2) is 39.2 Å². The van der Waals surface area contributed by atoms with Gasteiger partial charge in [0, 0.05) is 80.7 Å². The standard InChI is InChI=1S/2C35H34ClN7O4S2.CH3I.CH4.3ClH.HI/c2*1-21(38)32(44)40-22(2)35(45)47-17-16-46-27-12-8-23(9-13-27)29-28(18-37)34(42-31(30(29)39-3)43-14-4-5-15-43)49-20-26-19-48-33(41-26)24-6-10-25(36)11-7-24;1-2;;;;;/h2*6-13,19,21-22H,4-5,14-17,20,38H2,1-2H3,(H,40,44);1H3;1H4;4*1H/t2*21-,22-;;;;;;/m00....../s1. The molecule has 10 rings (SSSR count). The second-order valence-electron chi connectivity index (χ2n) is 22.5. The maximum Gasteiger partial charge on any atom is 0.328 e. The van der Waals surface area contributed by atoms with Crippen molar-refractivity contribution in [1.82, 2.24) is 30.6 Å². The molecule has 0 spiro atoms. The van der Waals surface area contributed by atoms with Crippen LogP contribution in [0.1, 0.15) is 83.3 Å². The molecule has 0 radical (unpaired) electrons. The monoisotopic (exact) mass is 1820 g/mol. The molecule has 558 valence electrons. The number of rotatable bonds is 26. The number of hydrogen-bond donors (Lipinski definition) is 4. The molecule has 2 amide bonds. The lowest BCUT2D eigenvalue weighted by molar-refractivity contribution is -0.148. The van der Waals surface area contributed by atoms with Crippen LogP contribution in [0.25, 0.3) is 53.1 Å². The molecule has 0 unspecified atom stereocenters. The fraction of sp³-hybridized carbons (Fsp3) is 0.333. The summed E-state index contributed by atoms with van der Waals surface area (Å²) in [5.74, 6) is 1.10. The minimum Gasteiger partial charge on any atom is -0.490 e. The highest BCUT2D eigenvalue weighted by molar-refractivity contribution is 14.1. The quantitative estimate of drug-likeness (QED) is 0.00978. The van der Waals surface area contributed by atoms with Crippen molar-refractivity contribution < 1.29 is 38.1 Å². The molecule has 4 atom stereocenters. The molecule has 2 fully saturated rings. The molecule has 4 aromatic carbocycles. The first-order valence-corrected chi connectivity index (χ1v) is 38.2. The molecule has 6 heterocycles. The van der Waals surface area contributed by atoms with Gasteiger partial charge < -0.3 is 50.8 Å². The van der Waals surface area contributed by atoms with E-state index in [-0.39, 0.29) is 95.1 Å². The summed E-state index contributed by atoms with van der Waals surface area (Å²) >= 11 is 20.2. The first-order chi connectivity index (χ1) is 48.4. The lowest BCUT2D eigenvalue weighted by atomic mass is 9.99. The van der Waals surface area contributed by atoms with E-state index >= 15 is 0 Å². The Morgan fingerprint density at radius 2 is 0.895 bits per heavy atom. The third kappa shape index (κ3) is 25.6. The molecule has 22 nitrogen and oxygen atoms in total. The molecule has 0 bridgehead atoms. The van der Waals surface area contributed by atoms with Crippen LogP contribution < -0.4 is 41.4 Å². The topological polar surface area (TPSA) is 296 Å². The highest BCUT2D eigenvalue weighted by Gasteiger charge is 2.30. The summed E-state index contributed by atoms with van der Waals surface area (Å²) in [7, 11) is 0. The van der Waals surface area contributed by atoms with Crippen molar-refractivity contribution in [2.75, 3.05) is 67.3 Å². The first-order valence-electron chi connectivity index (χ1n) is 31.5. The number of nitriles is 2. The number of anilines is 2. The van der Waals surface area contributed by atoms with Crippen LogP contribution in [-0.4, -0.2) is 125 Å². The van der Waals surface area contributed by atoms with E-state index in [1.807, 2.05) is 64.2 Å². The third-order valence-electron chi connectivity index (χ3n) is 15.2. The number of benzene rings is 4. The Morgan fingerprint density at radius 3 is 1.20 bits per heavy atom. The smallest absolute Gasteiger partial charge is 0.328 e. The van der Waals surface area contributed by atoms with Crippen molar-refractivity contribution in [3.8, 4) is 67.0 Å². The van der Waals surface area contributed by atoms with Gasteiger partial charge in [0.05, 0.1) is 47.7 Å². The molecule has 33 heteroatoms. The van der Waals surface area contributed by atoms with Gasteiger partial charge in [-0.3, -0.25) is 9.59 Å². The van der Waals surface area contributed by atoms with Crippen LogP contribution in [0.3, 0.4) is 0 Å². The summed E-state index contributed by atoms with van der Waals surface area (Å²) < 4.78 is 21.9. The lowest BCUT2D eigenvalue weighted by Gasteiger charge is -2.22. The largest absolute Gasteiger partial charge is 0.490 e. The summed E-state index contributed by atoms with van der Waals surface area (Å²) in [6.45, 7) is 25.6. The van der Waals surface area contributed by atoms with E-state index in [2.05, 4.69) is 64.9 Å². The van der Waals surface area contributed by atoms with Crippen LogP contribution in [-0.2, 0) is 40.2 Å². The number of hydrogen-bond acceptors (Lipinski definition) is 22. The van der Waals surface area contributed by atoms with Gasteiger partial charge in [-0.05, 0) is 118 Å². The third-order valence-corrected chi connectivity index (χ3v) is 19.6. The number of ether oxygens (including phenoxy) is 4. The van der Waals surface area contributed by atoms with Crippen LogP contribution in [0.2, 0.25) is 10.0 Å². The summed E-state index contributed by atoms with van der Waals surface area (Å²) in [6.07, 6.45) is 4.02. The van der Waals surface area contributed by atoms with Crippen molar-refractivity contribution >= 4 is 200 Å². The Kier molecular flexibility index (Phi) is 40.6. The van der Waals surface area contributed by atoms with Crippen molar-refractivity contribution in [3.63, 3.8) is 0 Å². The molecule has 2 aliphatic heterocycles. The number of halogens is 7. The van der Waals surface area contributed by atoms with Crippen molar-refractivity contribution in [2.45, 2.75) is 107 Å².